The van der Waals surface area contributed by atoms with E-state index >= 15 is 0 Å². The smallest absolute Gasteiger partial charge is 0.303 e. The quantitative estimate of drug-likeness (QED) is 0.595. The Balaban J connectivity index is 2.20. The Morgan fingerprint density at radius 3 is 2.87 bits per heavy atom. The summed E-state index contributed by atoms with van der Waals surface area (Å²) in [6, 6.07) is 0. The van der Waals surface area contributed by atoms with Gasteiger partial charge in [-0.25, -0.2) is 4.98 Å². The van der Waals surface area contributed by atoms with Crippen molar-refractivity contribution in [2.24, 2.45) is 0 Å². The molecule has 0 bridgehead atoms. The van der Waals surface area contributed by atoms with Crippen molar-refractivity contribution in [3.63, 3.8) is 0 Å². The van der Waals surface area contributed by atoms with Gasteiger partial charge < -0.3 is 10.8 Å². The van der Waals surface area contributed by atoms with E-state index in [9.17, 15) is 4.79 Å². The molecule has 15 heavy (non-hydrogen) atoms. The minimum Gasteiger partial charge on any atom is -0.481 e. The Morgan fingerprint density at radius 1 is 1.60 bits per heavy atom. The molecule has 0 unspecified atom stereocenters. The number of nitrogen functional groups attached to an aromatic ring is 1. The summed E-state index contributed by atoms with van der Waals surface area (Å²) < 4.78 is 1.14. The van der Waals surface area contributed by atoms with Crippen LogP contribution in [-0.4, -0.2) is 21.8 Å². The fraction of sp³-hybridized carbons (Fsp3) is 0.556. The topological polar surface area (TPSA) is 76.2 Å². The maximum Gasteiger partial charge on any atom is 0.303 e. The highest BCUT2D eigenvalue weighted by Crippen LogP contribution is 2.30. The lowest BCUT2D eigenvalue weighted by Gasteiger charge is -1.98. The van der Waals surface area contributed by atoms with Crippen molar-refractivity contribution < 1.29 is 9.90 Å². The standard InChI is InChI=1S/C9H14N2O2S2/c1-6-8(15-9(10)11-6)14-5-3-2-4-7(12)13/h2-5H2,1H3,(H2,10,11)(H,12,13). The van der Waals surface area contributed by atoms with Gasteiger partial charge in [0.2, 0.25) is 0 Å². The van der Waals surface area contributed by atoms with E-state index in [1.807, 2.05) is 6.92 Å². The lowest BCUT2D eigenvalue weighted by Crippen LogP contribution is -1.94. The van der Waals surface area contributed by atoms with Crippen molar-refractivity contribution >= 4 is 34.2 Å². The number of rotatable bonds is 6. The van der Waals surface area contributed by atoms with Gasteiger partial charge in [0.25, 0.3) is 0 Å². The third-order valence-corrected chi connectivity index (χ3v) is 4.22. The molecule has 6 heteroatoms. The third kappa shape index (κ3) is 4.53. The van der Waals surface area contributed by atoms with Crippen LogP contribution in [0.5, 0.6) is 0 Å². The average Bonchev–Trinajstić information content (AvgIpc) is 2.44. The number of aromatic nitrogens is 1. The average molecular weight is 246 g/mol. The van der Waals surface area contributed by atoms with Crippen molar-refractivity contribution in [1.82, 2.24) is 4.98 Å². The van der Waals surface area contributed by atoms with Crippen molar-refractivity contribution in [3.05, 3.63) is 5.69 Å². The van der Waals surface area contributed by atoms with Crippen LogP contribution in [0.25, 0.3) is 0 Å². The molecule has 4 nitrogen and oxygen atoms in total. The number of aryl methyl sites for hydroxylation is 1. The van der Waals surface area contributed by atoms with E-state index in [1.54, 1.807) is 11.8 Å². The van der Waals surface area contributed by atoms with Gasteiger partial charge in [0.05, 0.1) is 9.90 Å². The Morgan fingerprint density at radius 2 is 2.33 bits per heavy atom. The molecule has 1 rings (SSSR count). The highest BCUT2D eigenvalue weighted by atomic mass is 32.2. The van der Waals surface area contributed by atoms with Gasteiger partial charge in [-0.05, 0) is 25.5 Å². The van der Waals surface area contributed by atoms with Crippen molar-refractivity contribution in [2.45, 2.75) is 30.4 Å². The van der Waals surface area contributed by atoms with Gasteiger partial charge in [0.1, 0.15) is 0 Å². The number of thioether (sulfide) groups is 1. The molecule has 1 aromatic rings. The third-order valence-electron chi connectivity index (χ3n) is 1.79. The lowest BCUT2D eigenvalue weighted by atomic mass is 10.3. The van der Waals surface area contributed by atoms with Crippen LogP contribution in [0, 0.1) is 6.92 Å². The second-order valence-electron chi connectivity index (χ2n) is 3.12. The van der Waals surface area contributed by atoms with E-state index in [0.717, 1.165) is 28.5 Å². The Bertz CT molecular complexity index is 339. The van der Waals surface area contributed by atoms with Gasteiger partial charge in [-0.15, -0.1) is 11.8 Å². The predicted octanol–water partition coefficient (Wildman–Crippen LogP) is 2.38. The number of thiazole rings is 1. The van der Waals surface area contributed by atoms with Gasteiger partial charge in [-0.1, -0.05) is 11.3 Å². The largest absolute Gasteiger partial charge is 0.481 e. The van der Waals surface area contributed by atoms with Crippen LogP contribution in [0.1, 0.15) is 25.0 Å². The van der Waals surface area contributed by atoms with Gasteiger partial charge in [0, 0.05) is 6.42 Å². The number of anilines is 1. The van der Waals surface area contributed by atoms with E-state index in [2.05, 4.69) is 4.98 Å². The van der Waals surface area contributed by atoms with Crippen molar-refractivity contribution in [2.75, 3.05) is 11.5 Å². The molecule has 84 valence electrons. The first-order valence-electron chi connectivity index (χ1n) is 4.67. The van der Waals surface area contributed by atoms with Crippen LogP contribution in [0.4, 0.5) is 5.13 Å². The van der Waals surface area contributed by atoms with Crippen LogP contribution >= 0.6 is 23.1 Å². The highest BCUT2D eigenvalue weighted by molar-refractivity contribution is 8.01. The molecular formula is C9H14N2O2S2. The predicted molar refractivity (Wildman–Crippen MR) is 63.5 cm³/mol. The maximum atomic E-state index is 10.3. The van der Waals surface area contributed by atoms with Crippen LogP contribution < -0.4 is 5.73 Å². The molecule has 0 radical (unpaired) electrons. The number of nitrogens with zero attached hydrogens (tertiary/aromatic N) is 1. The van der Waals surface area contributed by atoms with Crippen molar-refractivity contribution in [3.8, 4) is 0 Å². The summed E-state index contributed by atoms with van der Waals surface area (Å²) in [5.41, 5.74) is 6.54. The number of hydrogen-bond donors (Lipinski definition) is 2. The van der Waals surface area contributed by atoms with Crippen LogP contribution in [-0.2, 0) is 4.79 Å². The number of aliphatic carboxylic acids is 1. The van der Waals surface area contributed by atoms with Gasteiger partial charge in [-0.2, -0.15) is 0 Å². The first-order valence-corrected chi connectivity index (χ1v) is 6.47. The molecule has 0 saturated heterocycles. The summed E-state index contributed by atoms with van der Waals surface area (Å²) in [6.07, 6.45) is 1.90. The maximum absolute atomic E-state index is 10.3. The number of unbranched alkanes of at least 4 members (excludes halogenated alkanes) is 1. The summed E-state index contributed by atoms with van der Waals surface area (Å²) in [7, 11) is 0. The summed E-state index contributed by atoms with van der Waals surface area (Å²) in [5, 5.41) is 9.04. The molecule has 0 spiro atoms. The Kier molecular flexibility index (Phi) is 4.90. The Labute approximate surface area is 96.9 Å². The molecule has 0 atom stereocenters. The SMILES string of the molecule is Cc1nc(N)sc1SCCCCC(=O)O. The van der Waals surface area contributed by atoms with E-state index in [4.69, 9.17) is 10.8 Å². The van der Waals surface area contributed by atoms with E-state index in [-0.39, 0.29) is 6.42 Å². The zero-order chi connectivity index (χ0) is 11.3. The number of nitrogens with two attached hydrogens (primary N) is 1. The summed E-state index contributed by atoms with van der Waals surface area (Å²) in [5.74, 6) is 0.202. The summed E-state index contributed by atoms with van der Waals surface area (Å²) in [6.45, 7) is 1.94. The van der Waals surface area contributed by atoms with Crippen LogP contribution in [0.3, 0.4) is 0 Å². The molecule has 0 saturated carbocycles. The number of carboxylic acid groups (broad SMARTS) is 1. The molecule has 0 aliphatic heterocycles. The van der Waals surface area contributed by atoms with E-state index < -0.39 is 5.97 Å². The van der Waals surface area contributed by atoms with Gasteiger partial charge in [-0.3, -0.25) is 4.79 Å². The normalized spacial score (nSPS) is 10.5. The Hall–Kier alpha value is -0.750. The molecule has 0 aliphatic rings. The van der Waals surface area contributed by atoms with E-state index in [0.29, 0.717) is 5.13 Å². The zero-order valence-electron chi connectivity index (χ0n) is 8.52. The molecule has 0 amide bonds. The number of carboxylic acids is 1. The number of hydrogen-bond acceptors (Lipinski definition) is 5. The minimum atomic E-state index is -0.724. The molecule has 1 aromatic heterocycles. The zero-order valence-corrected chi connectivity index (χ0v) is 10.2. The molecule has 0 fully saturated rings. The van der Waals surface area contributed by atoms with E-state index in [1.165, 1.54) is 11.3 Å². The molecular weight excluding hydrogens is 232 g/mol. The lowest BCUT2D eigenvalue weighted by molar-refractivity contribution is -0.137. The molecule has 0 aliphatic carbocycles. The van der Waals surface area contributed by atoms with Crippen LogP contribution in [0.15, 0.2) is 4.21 Å². The monoisotopic (exact) mass is 246 g/mol. The van der Waals surface area contributed by atoms with Gasteiger partial charge >= 0.3 is 5.97 Å². The molecule has 3 N–H and O–H groups in total. The second-order valence-corrected chi connectivity index (χ2v) is 5.52. The fourth-order valence-corrected chi connectivity index (χ4v) is 3.18. The van der Waals surface area contributed by atoms with Crippen molar-refractivity contribution in [1.29, 1.82) is 0 Å². The number of carbonyl (C=O) groups is 1. The molecule has 1 heterocycles. The molecule has 0 aromatic carbocycles. The first-order chi connectivity index (χ1) is 7.09. The summed E-state index contributed by atoms with van der Waals surface area (Å²) in [4.78, 5) is 14.4. The second kappa shape index (κ2) is 5.97. The fourth-order valence-electron chi connectivity index (χ4n) is 1.08. The highest BCUT2D eigenvalue weighted by Gasteiger charge is 2.05. The van der Waals surface area contributed by atoms with Gasteiger partial charge in [0.15, 0.2) is 5.13 Å². The van der Waals surface area contributed by atoms with Crippen LogP contribution in [0.2, 0.25) is 0 Å². The summed E-state index contributed by atoms with van der Waals surface area (Å²) >= 11 is 3.19. The first kappa shape index (κ1) is 12.3. The minimum absolute atomic E-state index is 0.254.